The summed E-state index contributed by atoms with van der Waals surface area (Å²) < 4.78 is 31.1. The summed E-state index contributed by atoms with van der Waals surface area (Å²) >= 11 is 0. The molecule has 1 fully saturated rings. The Kier molecular flexibility index (Phi) is 10.2. The molecule has 2 N–H and O–H groups in total. The predicted octanol–water partition coefficient (Wildman–Crippen LogP) is 4.64. The van der Waals surface area contributed by atoms with Crippen molar-refractivity contribution < 1.29 is 28.7 Å². The van der Waals surface area contributed by atoms with Crippen LogP contribution in [-0.4, -0.2) is 79.8 Å². The number of hydrogen-bond donors (Lipinski definition) is 2. The van der Waals surface area contributed by atoms with Crippen molar-refractivity contribution in [2.75, 3.05) is 19.0 Å². The highest BCUT2D eigenvalue weighted by Crippen LogP contribution is 2.35. The van der Waals surface area contributed by atoms with Crippen LogP contribution in [0.5, 0.6) is 0 Å². The van der Waals surface area contributed by atoms with Crippen LogP contribution in [0.1, 0.15) is 67.9 Å². The smallest absolute Gasteiger partial charge is 0.411 e. The van der Waals surface area contributed by atoms with Gasteiger partial charge in [-0.25, -0.2) is 13.4 Å². The molecule has 0 unspecified atom stereocenters. The second kappa shape index (κ2) is 12.0. The number of aliphatic hydroxyl groups excluding tert-OH is 2. The molecule has 9 heteroatoms. The molecular formula is C28H48N2O6S. The van der Waals surface area contributed by atoms with Gasteiger partial charge in [0.05, 0.1) is 58.5 Å². The van der Waals surface area contributed by atoms with Crippen molar-refractivity contribution in [3.8, 4) is 0 Å². The number of benzene rings is 1. The minimum atomic E-state index is -3.09. The van der Waals surface area contributed by atoms with Crippen LogP contribution in [0.15, 0.2) is 33.5 Å². The van der Waals surface area contributed by atoms with Crippen molar-refractivity contribution in [2.24, 2.45) is 16.2 Å². The Bertz CT molecular complexity index is 1020. The SMILES string of the molecule is Cc1ccc([S@](=O)(C[C@H]2[C@H](C)[C@H](O)[C@H](COC(C)(C)C)N2C(=O)OC(C)(C)C)=N[C@H](CO)C(C)C)cc1. The van der Waals surface area contributed by atoms with Gasteiger partial charge >= 0.3 is 6.09 Å². The minimum Gasteiger partial charge on any atom is -0.444 e. The Morgan fingerprint density at radius 1 is 1.08 bits per heavy atom. The first-order valence-electron chi connectivity index (χ1n) is 13.1. The van der Waals surface area contributed by atoms with Crippen molar-refractivity contribution in [3.05, 3.63) is 29.8 Å². The third kappa shape index (κ3) is 8.40. The van der Waals surface area contributed by atoms with Crippen LogP contribution in [0.4, 0.5) is 4.79 Å². The standard InChI is InChI=1S/C28H48N2O6S/c1-18(2)22(15-31)29-37(34,21-13-11-19(3)12-14-21)17-24-20(4)25(32)23(16-35-27(5,6)7)30(24)26(33)36-28(8,9)10/h11-14,18,20,22-25,31-32H,15-17H2,1-10H3/t20-,22+,23-,24-,25-,37+/m0/s1. The average molecular weight is 541 g/mol. The Labute approximate surface area is 223 Å². The lowest BCUT2D eigenvalue weighted by Gasteiger charge is -2.35. The summed E-state index contributed by atoms with van der Waals surface area (Å²) in [5.41, 5.74) is -0.208. The second-order valence-electron chi connectivity index (χ2n) is 12.5. The highest BCUT2D eigenvalue weighted by molar-refractivity contribution is 7.93. The highest BCUT2D eigenvalue weighted by Gasteiger charge is 2.51. The van der Waals surface area contributed by atoms with Crippen molar-refractivity contribution in [2.45, 2.75) is 110 Å². The Balaban J connectivity index is 2.62. The summed E-state index contributed by atoms with van der Waals surface area (Å²) in [4.78, 5) is 15.6. The number of nitrogens with zero attached hydrogens (tertiary/aromatic N) is 2. The van der Waals surface area contributed by atoms with E-state index < -0.39 is 57.2 Å². The van der Waals surface area contributed by atoms with Crippen molar-refractivity contribution in [1.82, 2.24) is 4.90 Å². The molecule has 8 nitrogen and oxygen atoms in total. The first kappa shape index (κ1) is 31.5. The van der Waals surface area contributed by atoms with E-state index in [2.05, 4.69) is 0 Å². The number of carbonyl (C=O) groups excluding carboxylic acids is 1. The van der Waals surface area contributed by atoms with Crippen LogP contribution in [0.3, 0.4) is 0 Å². The first-order chi connectivity index (χ1) is 16.9. The van der Waals surface area contributed by atoms with E-state index in [-0.39, 0.29) is 24.9 Å². The van der Waals surface area contributed by atoms with Gasteiger partial charge in [-0.3, -0.25) is 4.90 Å². The summed E-state index contributed by atoms with van der Waals surface area (Å²) in [6.45, 7) is 18.6. The zero-order valence-electron chi connectivity index (χ0n) is 24.2. The Morgan fingerprint density at radius 2 is 1.65 bits per heavy atom. The van der Waals surface area contributed by atoms with E-state index in [0.29, 0.717) is 4.90 Å². The van der Waals surface area contributed by atoms with E-state index >= 15 is 0 Å². The summed E-state index contributed by atoms with van der Waals surface area (Å²) in [5.74, 6) is -0.435. The van der Waals surface area contributed by atoms with Gasteiger partial charge in [-0.15, -0.1) is 0 Å². The first-order valence-corrected chi connectivity index (χ1v) is 14.8. The van der Waals surface area contributed by atoms with E-state index in [1.165, 1.54) is 4.90 Å². The fraction of sp³-hybridized carbons (Fsp3) is 0.750. The molecule has 1 aliphatic heterocycles. The molecule has 0 bridgehead atoms. The summed E-state index contributed by atoms with van der Waals surface area (Å²) in [5, 5.41) is 21.3. The zero-order chi connectivity index (χ0) is 28.3. The molecule has 6 atom stereocenters. The van der Waals surface area contributed by atoms with E-state index in [9.17, 15) is 19.2 Å². The van der Waals surface area contributed by atoms with E-state index in [0.717, 1.165) is 5.56 Å². The zero-order valence-corrected chi connectivity index (χ0v) is 25.0. The van der Waals surface area contributed by atoms with Gasteiger partial charge in [0.1, 0.15) is 5.60 Å². The van der Waals surface area contributed by atoms with Gasteiger partial charge in [0.25, 0.3) is 0 Å². The van der Waals surface area contributed by atoms with E-state index in [1.807, 2.05) is 60.6 Å². The molecule has 37 heavy (non-hydrogen) atoms. The van der Waals surface area contributed by atoms with Crippen LogP contribution >= 0.6 is 0 Å². The number of rotatable bonds is 8. The minimum absolute atomic E-state index is 0.00275. The lowest BCUT2D eigenvalue weighted by Crippen LogP contribution is -2.50. The quantitative estimate of drug-likeness (QED) is 0.497. The summed E-state index contributed by atoms with van der Waals surface area (Å²) in [7, 11) is -3.09. The molecule has 0 saturated carbocycles. The molecule has 0 aromatic heterocycles. The van der Waals surface area contributed by atoms with E-state index in [1.54, 1.807) is 32.9 Å². The summed E-state index contributed by atoms with van der Waals surface area (Å²) in [6.07, 6.45) is -1.49. The molecule has 1 aliphatic rings. The third-order valence-electron chi connectivity index (χ3n) is 6.59. The molecule has 1 aromatic rings. The molecule has 0 spiro atoms. The summed E-state index contributed by atoms with van der Waals surface area (Å²) in [6, 6.07) is 5.52. The van der Waals surface area contributed by atoms with Gasteiger partial charge in [0.2, 0.25) is 0 Å². The molecule has 0 radical (unpaired) electrons. The predicted molar refractivity (Wildman–Crippen MR) is 147 cm³/mol. The van der Waals surface area contributed by atoms with Crippen LogP contribution in [0.25, 0.3) is 0 Å². The molecule has 1 heterocycles. The van der Waals surface area contributed by atoms with Crippen molar-refractivity contribution in [3.63, 3.8) is 0 Å². The molecule has 1 aromatic carbocycles. The lowest BCUT2D eigenvalue weighted by atomic mass is 9.99. The van der Waals surface area contributed by atoms with Gasteiger partial charge in [0, 0.05) is 10.8 Å². The van der Waals surface area contributed by atoms with Crippen molar-refractivity contribution in [1.29, 1.82) is 0 Å². The number of ether oxygens (including phenoxy) is 2. The van der Waals surface area contributed by atoms with Gasteiger partial charge in [-0.05, 0) is 66.5 Å². The van der Waals surface area contributed by atoms with E-state index in [4.69, 9.17) is 13.8 Å². The van der Waals surface area contributed by atoms with Crippen LogP contribution in [-0.2, 0) is 19.2 Å². The molecular weight excluding hydrogens is 492 g/mol. The van der Waals surface area contributed by atoms with Gasteiger partial charge in [-0.1, -0.05) is 38.5 Å². The average Bonchev–Trinajstić information content (AvgIpc) is 2.99. The third-order valence-corrected chi connectivity index (χ3v) is 9.01. The van der Waals surface area contributed by atoms with Gasteiger partial charge in [-0.2, -0.15) is 0 Å². The van der Waals surface area contributed by atoms with Crippen LogP contribution < -0.4 is 0 Å². The number of aryl methyl sites for hydroxylation is 1. The lowest BCUT2D eigenvalue weighted by molar-refractivity contribution is -0.0545. The molecule has 2 rings (SSSR count). The number of hydrogen-bond acceptors (Lipinski definition) is 7. The fourth-order valence-electron chi connectivity index (χ4n) is 4.34. The number of amides is 1. The Morgan fingerprint density at radius 3 is 2.11 bits per heavy atom. The maximum Gasteiger partial charge on any atom is 0.411 e. The Hall–Kier alpha value is -1.68. The van der Waals surface area contributed by atoms with Crippen molar-refractivity contribution >= 4 is 15.8 Å². The molecule has 1 saturated heterocycles. The largest absolute Gasteiger partial charge is 0.444 e. The number of carbonyl (C=O) groups is 1. The van der Waals surface area contributed by atoms with Crippen LogP contribution in [0.2, 0.25) is 0 Å². The fourth-order valence-corrected chi connectivity index (χ4v) is 6.98. The number of likely N-dealkylation sites (tertiary alicyclic amines) is 1. The normalized spacial score (nSPS) is 25.2. The molecule has 212 valence electrons. The highest BCUT2D eigenvalue weighted by atomic mass is 32.2. The van der Waals surface area contributed by atoms with Gasteiger partial charge < -0.3 is 19.7 Å². The molecule has 1 amide bonds. The maximum absolute atomic E-state index is 14.7. The van der Waals surface area contributed by atoms with Gasteiger partial charge in [0.15, 0.2) is 0 Å². The monoisotopic (exact) mass is 540 g/mol. The maximum atomic E-state index is 14.7. The van der Waals surface area contributed by atoms with Crippen LogP contribution in [0, 0.1) is 18.8 Å². The number of aliphatic hydroxyl groups is 2. The molecule has 0 aliphatic carbocycles. The second-order valence-corrected chi connectivity index (χ2v) is 14.8. The topological polar surface area (TPSA) is 109 Å².